The predicted octanol–water partition coefficient (Wildman–Crippen LogP) is 4.19. The van der Waals surface area contributed by atoms with Gasteiger partial charge in [0.2, 0.25) is 0 Å². The third-order valence-corrected chi connectivity index (χ3v) is 6.18. The molecule has 2 aromatic rings. The topological polar surface area (TPSA) is 46.3 Å². The number of nitrogens with two attached hydrogens (primary N) is 1. The Balaban J connectivity index is 2.00. The summed E-state index contributed by atoms with van der Waals surface area (Å²) in [6.07, 6.45) is 3.53. The molecule has 3 rings (SSSR count). The lowest BCUT2D eigenvalue weighted by molar-refractivity contribution is 0.679. The quantitative estimate of drug-likeness (QED) is 0.848. The molecule has 3 nitrogen and oxygen atoms in total. The number of benzene rings is 2. The Bertz CT molecular complexity index is 802. The average molecular weight is 342 g/mol. The monoisotopic (exact) mass is 342 g/mol. The minimum Gasteiger partial charge on any atom is -0.399 e. The van der Waals surface area contributed by atoms with Crippen LogP contribution in [0.1, 0.15) is 11.1 Å². The second-order valence-corrected chi connectivity index (χ2v) is 7.67. The largest absolute Gasteiger partial charge is 0.399 e. The molecule has 5 heteroatoms. The van der Waals surface area contributed by atoms with Crippen molar-refractivity contribution in [1.82, 2.24) is 0 Å². The van der Waals surface area contributed by atoms with Crippen LogP contribution in [-0.4, -0.2) is 16.5 Å². The van der Waals surface area contributed by atoms with Crippen molar-refractivity contribution in [1.29, 1.82) is 0 Å². The lowest BCUT2D eigenvalue weighted by atomic mass is 10.1. The molecule has 1 aliphatic heterocycles. The van der Waals surface area contributed by atoms with Gasteiger partial charge in [-0.05, 0) is 41.5 Å². The highest BCUT2D eigenvalue weighted by Gasteiger charge is 2.23. The average Bonchev–Trinajstić information content (AvgIpc) is 2.59. The Labute approximate surface area is 143 Å². The molecule has 1 heterocycles. The van der Waals surface area contributed by atoms with Gasteiger partial charge in [0.05, 0.1) is 10.6 Å². The summed E-state index contributed by atoms with van der Waals surface area (Å²) in [7, 11) is -1.28. The Kier molecular flexibility index (Phi) is 4.59. The van der Waals surface area contributed by atoms with Gasteiger partial charge in [0.1, 0.15) is 0 Å². The molecule has 0 bridgehead atoms. The maximum Gasteiger partial charge on any atom is 0.152 e. The Morgan fingerprint density at radius 2 is 1.91 bits per heavy atom. The molecule has 0 aliphatic carbocycles. The normalized spacial score (nSPS) is 14.9. The van der Waals surface area contributed by atoms with Gasteiger partial charge in [-0.2, -0.15) is 0 Å². The van der Waals surface area contributed by atoms with E-state index in [1.165, 1.54) is 0 Å². The first-order valence-electron chi connectivity index (χ1n) is 7.24. The molecular formula is C18H18N2OS2. The molecule has 23 heavy (non-hydrogen) atoms. The highest BCUT2D eigenvalue weighted by molar-refractivity contribution is 7.99. The lowest BCUT2D eigenvalue weighted by Crippen LogP contribution is -2.31. The number of nitrogen functional groups attached to an aromatic ring is 1. The molecule has 2 N–H and O–H groups in total. The van der Waals surface area contributed by atoms with Crippen molar-refractivity contribution >= 4 is 46.3 Å². The third-order valence-electron chi connectivity index (χ3n) is 3.70. The van der Waals surface area contributed by atoms with Crippen LogP contribution >= 0.6 is 11.8 Å². The van der Waals surface area contributed by atoms with E-state index in [4.69, 9.17) is 5.73 Å². The molecule has 1 atom stereocenters. The number of thioether (sulfide) groups is 1. The lowest BCUT2D eigenvalue weighted by Gasteiger charge is -2.29. The molecule has 0 radical (unpaired) electrons. The van der Waals surface area contributed by atoms with E-state index in [2.05, 4.69) is 13.2 Å². The molecule has 0 saturated carbocycles. The standard InChI is InChI=1S/C18H18N2OS2/c1-3-13-5-7-16(11-14(13)4-2)23(21)20-9-10-22-18-8-6-15(19)12-17(18)20/h3-8,11-12H,1-2,9-10,19H2. The van der Waals surface area contributed by atoms with Crippen molar-refractivity contribution in [2.45, 2.75) is 9.79 Å². The summed E-state index contributed by atoms with van der Waals surface area (Å²) in [5.41, 5.74) is 9.45. The molecule has 118 valence electrons. The minimum atomic E-state index is -1.28. The predicted molar refractivity (Wildman–Crippen MR) is 102 cm³/mol. The zero-order valence-electron chi connectivity index (χ0n) is 12.7. The minimum absolute atomic E-state index is 0.682. The molecule has 0 amide bonds. The van der Waals surface area contributed by atoms with Gasteiger partial charge in [-0.25, -0.2) is 4.21 Å². The van der Waals surface area contributed by atoms with Gasteiger partial charge in [-0.1, -0.05) is 31.4 Å². The fraction of sp³-hybridized carbons (Fsp3) is 0.111. The van der Waals surface area contributed by atoms with E-state index in [1.807, 2.05) is 40.7 Å². The van der Waals surface area contributed by atoms with E-state index in [1.54, 1.807) is 23.9 Å². The van der Waals surface area contributed by atoms with E-state index >= 15 is 0 Å². The number of hydrogen-bond acceptors (Lipinski definition) is 3. The summed E-state index contributed by atoms with van der Waals surface area (Å²) in [6, 6.07) is 11.5. The number of nitrogens with zero attached hydrogens (tertiary/aromatic N) is 1. The van der Waals surface area contributed by atoms with E-state index < -0.39 is 11.0 Å². The fourth-order valence-electron chi connectivity index (χ4n) is 2.53. The second-order valence-electron chi connectivity index (χ2n) is 5.13. The molecular weight excluding hydrogens is 324 g/mol. The summed E-state index contributed by atoms with van der Waals surface area (Å²) in [5.74, 6) is 0.904. The van der Waals surface area contributed by atoms with Crippen molar-refractivity contribution in [3.05, 3.63) is 60.7 Å². The van der Waals surface area contributed by atoms with E-state index in [0.29, 0.717) is 5.69 Å². The Morgan fingerprint density at radius 3 is 2.65 bits per heavy atom. The first-order chi connectivity index (χ1) is 11.1. The van der Waals surface area contributed by atoms with Gasteiger partial charge in [-0.3, -0.25) is 4.31 Å². The van der Waals surface area contributed by atoms with Crippen LogP contribution in [0.5, 0.6) is 0 Å². The molecule has 2 aromatic carbocycles. The van der Waals surface area contributed by atoms with Crippen LogP contribution in [0, 0.1) is 0 Å². The maximum atomic E-state index is 13.1. The van der Waals surface area contributed by atoms with Crippen LogP contribution in [0.3, 0.4) is 0 Å². The molecule has 0 spiro atoms. The third kappa shape index (κ3) is 3.07. The van der Waals surface area contributed by atoms with Crippen molar-refractivity contribution in [3.8, 4) is 0 Å². The number of rotatable bonds is 4. The first-order valence-corrected chi connectivity index (χ1v) is 9.34. The highest BCUT2D eigenvalue weighted by Crippen LogP contribution is 2.38. The smallest absolute Gasteiger partial charge is 0.152 e. The molecule has 1 unspecified atom stereocenters. The van der Waals surface area contributed by atoms with Crippen LogP contribution in [0.25, 0.3) is 12.2 Å². The summed E-state index contributed by atoms with van der Waals surface area (Å²) in [5, 5.41) is 0. The van der Waals surface area contributed by atoms with E-state index in [9.17, 15) is 4.21 Å². The van der Waals surface area contributed by atoms with Gasteiger partial charge in [0.15, 0.2) is 11.0 Å². The van der Waals surface area contributed by atoms with E-state index in [0.717, 1.165) is 38.9 Å². The van der Waals surface area contributed by atoms with Crippen molar-refractivity contribution < 1.29 is 4.21 Å². The number of fused-ring (bicyclic) bond motifs is 1. The first kappa shape index (κ1) is 15.9. The van der Waals surface area contributed by atoms with Gasteiger partial charge >= 0.3 is 0 Å². The van der Waals surface area contributed by atoms with Gasteiger partial charge < -0.3 is 5.73 Å². The summed E-state index contributed by atoms with van der Waals surface area (Å²) in [6.45, 7) is 8.34. The fourth-order valence-corrected chi connectivity index (χ4v) is 4.94. The van der Waals surface area contributed by atoms with Gasteiger partial charge in [-0.15, -0.1) is 11.8 Å². The zero-order valence-corrected chi connectivity index (χ0v) is 14.3. The zero-order chi connectivity index (χ0) is 16.4. The summed E-state index contributed by atoms with van der Waals surface area (Å²) < 4.78 is 15.0. The van der Waals surface area contributed by atoms with Crippen LogP contribution in [0.4, 0.5) is 11.4 Å². The maximum absolute atomic E-state index is 13.1. The van der Waals surface area contributed by atoms with Crippen LogP contribution in [0.15, 0.2) is 59.3 Å². The number of anilines is 2. The van der Waals surface area contributed by atoms with Gasteiger partial charge in [0, 0.05) is 22.9 Å². The number of hydrogen-bond donors (Lipinski definition) is 1. The van der Waals surface area contributed by atoms with Crippen LogP contribution in [0.2, 0.25) is 0 Å². The molecule has 0 fully saturated rings. The van der Waals surface area contributed by atoms with E-state index in [-0.39, 0.29) is 0 Å². The molecule has 1 aliphatic rings. The van der Waals surface area contributed by atoms with Crippen LogP contribution in [-0.2, 0) is 11.0 Å². The highest BCUT2D eigenvalue weighted by atomic mass is 32.2. The van der Waals surface area contributed by atoms with Crippen molar-refractivity contribution in [2.75, 3.05) is 22.3 Å². The second kappa shape index (κ2) is 6.64. The summed E-state index contributed by atoms with van der Waals surface area (Å²) in [4.78, 5) is 1.87. The molecule has 0 aromatic heterocycles. The Morgan fingerprint density at radius 1 is 1.13 bits per heavy atom. The van der Waals surface area contributed by atoms with Gasteiger partial charge in [0.25, 0.3) is 0 Å². The van der Waals surface area contributed by atoms with Crippen LogP contribution < -0.4 is 10.0 Å². The van der Waals surface area contributed by atoms with Crippen molar-refractivity contribution in [3.63, 3.8) is 0 Å². The molecule has 0 saturated heterocycles. The summed E-state index contributed by atoms with van der Waals surface area (Å²) >= 11 is 1.77. The Hall–Kier alpha value is -1.98. The van der Waals surface area contributed by atoms with Crippen molar-refractivity contribution in [2.24, 2.45) is 0 Å². The SMILES string of the molecule is C=Cc1ccc(S(=O)N2CCSc3ccc(N)cc32)cc1C=C.